The fourth-order valence-electron chi connectivity index (χ4n) is 8.32. The molecule has 18 nitrogen and oxygen atoms in total. The maximum absolute atomic E-state index is 12.5. The van der Waals surface area contributed by atoms with Gasteiger partial charge in [-0.05, 0) is 72.8 Å². The van der Waals surface area contributed by atoms with E-state index in [9.17, 15) is 19.2 Å². The number of carbonyl (C=O) groups excluding carboxylic acids is 4. The molecule has 0 spiro atoms. The van der Waals surface area contributed by atoms with Gasteiger partial charge in [0, 0.05) is 48.5 Å². The second kappa shape index (κ2) is 20.1. The molecule has 67 heavy (non-hydrogen) atoms. The first-order valence-electron chi connectivity index (χ1n) is 20.3. The van der Waals surface area contributed by atoms with Crippen molar-refractivity contribution < 1.29 is 65.5 Å². The topological polar surface area (TPSA) is 307 Å². The van der Waals surface area contributed by atoms with Crippen LogP contribution in [0.3, 0.4) is 0 Å². The summed E-state index contributed by atoms with van der Waals surface area (Å²) in [7, 11) is 0. The molecule has 7 aromatic heterocycles. The molecule has 13 N–H and O–H groups in total. The van der Waals surface area contributed by atoms with Crippen LogP contribution in [0.4, 0.5) is 0 Å². The van der Waals surface area contributed by atoms with Crippen molar-refractivity contribution in [3.8, 4) is 45.0 Å². The van der Waals surface area contributed by atoms with Crippen LogP contribution in [-0.2, 0) is 62.4 Å². The Morgan fingerprint density at radius 1 is 0.403 bits per heavy atom. The Morgan fingerprint density at radius 3 is 0.836 bits per heavy atom. The summed E-state index contributed by atoms with van der Waals surface area (Å²) in [6.45, 7) is -0.409. The first kappa shape index (κ1) is 48.0. The molecule has 336 valence electrons. The standard InChI is InChI=1S/C48H38N12O4.Fe.2H2O/c49-41(61)25-57-21-5-1-9-37(57)45-29-13-15-31(53-29)46(38-10-2-6-22-58(38)26-42(50)62)33-17-19-35(55-33)48(40-12-4-8-24-60(40)28-44(52)64)36-20-18-34(56-36)47(32-16-14-30(45)54-32)39-11-3-7-23-59(39)27-43(51)63;;;/h1-24H,25-28H2,(H6-3,49,50,51,52,53,54,55,56,61,62,63,64);;2*1H2/q;+2;;/p+3. The van der Waals surface area contributed by atoms with Gasteiger partial charge >= 0.3 is 17.1 Å². The van der Waals surface area contributed by atoms with E-state index >= 15 is 0 Å². The molecular weight excluding hydrogens is 896 g/mol. The number of aromatic nitrogens is 8. The molecule has 0 atom stereocenters. The molecule has 8 bridgehead atoms. The summed E-state index contributed by atoms with van der Waals surface area (Å²) in [5.41, 5.74) is 33.2. The number of fused-ring (bicyclic) bond motifs is 8. The van der Waals surface area contributed by atoms with Gasteiger partial charge in [-0.3, -0.25) is 19.2 Å². The molecule has 0 fully saturated rings. The number of primary amides is 4. The van der Waals surface area contributed by atoms with E-state index in [1.807, 2.05) is 121 Å². The third kappa shape index (κ3) is 9.65. The number of H-pyrrole nitrogens is 2. The van der Waals surface area contributed by atoms with Crippen LogP contribution >= 0.6 is 0 Å². The Balaban J connectivity index is 0.00000247. The van der Waals surface area contributed by atoms with E-state index in [1.165, 1.54) is 0 Å². The number of hydrogen-bond donors (Lipinski definition) is 6. The Morgan fingerprint density at radius 2 is 0.627 bits per heavy atom. The largest absolute Gasteiger partial charge is 2.00 e. The van der Waals surface area contributed by atoms with Crippen molar-refractivity contribution in [2.24, 2.45) is 22.9 Å². The Bertz CT molecular complexity index is 2910. The van der Waals surface area contributed by atoms with Gasteiger partial charge in [-0.2, -0.15) is 18.3 Å². The molecular formula is C48H45FeN12O6+5. The van der Waals surface area contributed by atoms with Crippen LogP contribution < -0.4 is 41.2 Å². The van der Waals surface area contributed by atoms with E-state index in [2.05, 4.69) is 9.97 Å². The molecule has 0 aromatic carbocycles. The van der Waals surface area contributed by atoms with E-state index in [-0.39, 0.29) is 54.2 Å². The Labute approximate surface area is 392 Å². The van der Waals surface area contributed by atoms with Crippen LogP contribution in [0.2, 0.25) is 0 Å². The molecule has 4 amide bonds. The third-order valence-electron chi connectivity index (χ3n) is 10.8. The quantitative estimate of drug-likeness (QED) is 0.0772. The normalized spacial score (nSPS) is 11.2. The molecule has 0 saturated heterocycles. The van der Waals surface area contributed by atoms with Crippen molar-refractivity contribution in [3.63, 3.8) is 0 Å². The number of nitrogens with zero attached hydrogens (tertiary/aromatic N) is 6. The molecule has 0 unspecified atom stereocenters. The monoisotopic (exact) mass is 941 g/mol. The van der Waals surface area contributed by atoms with Crippen molar-refractivity contribution in [1.82, 2.24) is 19.9 Å². The minimum atomic E-state index is -0.528. The molecule has 0 saturated carbocycles. The van der Waals surface area contributed by atoms with Gasteiger partial charge in [0.05, 0.1) is 67.1 Å². The van der Waals surface area contributed by atoms with Gasteiger partial charge in [0.25, 0.3) is 23.6 Å². The van der Waals surface area contributed by atoms with Gasteiger partial charge in [-0.25, -0.2) is 9.97 Å². The van der Waals surface area contributed by atoms with Crippen LogP contribution in [0.1, 0.15) is 22.8 Å². The predicted molar refractivity (Wildman–Crippen MR) is 244 cm³/mol. The minimum Gasteiger partial charge on any atom is -0.870 e. The summed E-state index contributed by atoms with van der Waals surface area (Å²) in [5.74, 6) is -2.11. The molecule has 0 radical (unpaired) electrons. The van der Waals surface area contributed by atoms with E-state index in [0.29, 0.717) is 89.9 Å². The molecule has 7 aromatic rings. The van der Waals surface area contributed by atoms with Gasteiger partial charge < -0.3 is 43.9 Å². The smallest absolute Gasteiger partial charge is 0.870 e. The number of pyridine rings is 4. The first-order chi connectivity index (χ1) is 31.0. The summed E-state index contributed by atoms with van der Waals surface area (Å²) in [6, 6.07) is 30.1. The third-order valence-corrected chi connectivity index (χ3v) is 10.8. The zero-order valence-electron chi connectivity index (χ0n) is 35.6. The molecule has 2 aliphatic heterocycles. The maximum Gasteiger partial charge on any atom is 2.00 e. The summed E-state index contributed by atoms with van der Waals surface area (Å²) in [4.78, 5) is 67.8. The van der Waals surface area contributed by atoms with Crippen LogP contribution in [0.5, 0.6) is 0 Å². The number of nitrogens with two attached hydrogens (primary N) is 4. The number of carbonyl (C=O) groups is 4. The summed E-state index contributed by atoms with van der Waals surface area (Å²) >= 11 is 0. The Kier molecular flexibility index (Phi) is 14.4. The number of aromatic amines is 2. The Hall–Kier alpha value is -8.48. The SMILES string of the molecule is NC(=O)C[n+]1ccccc1-c1c2nc(c(-c3cccc[n+]3CC(N)=O)c3ccc([nH]3)c(-c3cccc[n+]3CC(N)=O)c3nc(c(-c4cccc[n+]4CC(N)=O)c4ccc1[nH]4)C=C3)C=C2.O.[Fe+2].[OH-]. The van der Waals surface area contributed by atoms with Gasteiger partial charge in [-0.1, -0.05) is 0 Å². The van der Waals surface area contributed by atoms with Gasteiger partial charge in [-0.15, -0.1) is 0 Å². The van der Waals surface area contributed by atoms with Crippen molar-refractivity contribution in [2.75, 3.05) is 0 Å². The zero-order chi connectivity index (χ0) is 44.5. The summed E-state index contributed by atoms with van der Waals surface area (Å²) in [5, 5.41) is 0. The number of hydrogen-bond acceptors (Lipinski definition) is 7. The van der Waals surface area contributed by atoms with Crippen LogP contribution in [0.15, 0.2) is 122 Å². The first-order valence-corrected chi connectivity index (χ1v) is 20.3. The van der Waals surface area contributed by atoms with Crippen molar-refractivity contribution in [3.05, 3.63) is 145 Å². The number of amides is 4. The predicted octanol–water partition coefficient (Wildman–Crippen LogP) is 1.41. The minimum absolute atomic E-state index is 0. The van der Waals surface area contributed by atoms with Gasteiger partial charge in [0.2, 0.25) is 49.0 Å². The average Bonchev–Trinajstić information content (AvgIpc) is 4.11. The molecule has 0 aliphatic carbocycles. The van der Waals surface area contributed by atoms with Crippen molar-refractivity contribution in [1.29, 1.82) is 0 Å². The van der Waals surface area contributed by atoms with E-state index in [0.717, 1.165) is 0 Å². The van der Waals surface area contributed by atoms with Gasteiger partial charge in [0.1, 0.15) is 0 Å². The van der Waals surface area contributed by atoms with Crippen molar-refractivity contribution >= 4 is 70.0 Å². The van der Waals surface area contributed by atoms with Crippen LogP contribution in [-0.4, -0.2) is 54.5 Å². The molecule has 19 heteroatoms. The number of rotatable bonds is 12. The fourth-order valence-corrected chi connectivity index (χ4v) is 8.32. The van der Waals surface area contributed by atoms with Crippen LogP contribution in [0, 0.1) is 0 Å². The van der Waals surface area contributed by atoms with E-state index < -0.39 is 23.6 Å². The second-order valence-corrected chi connectivity index (χ2v) is 15.2. The van der Waals surface area contributed by atoms with Crippen LogP contribution in [0.25, 0.3) is 91.4 Å². The fraction of sp³-hybridized carbons (Fsp3) is 0.0833. The molecule has 9 heterocycles. The number of nitrogens with one attached hydrogen (secondary N) is 2. The van der Waals surface area contributed by atoms with E-state index in [4.69, 9.17) is 32.9 Å². The molecule has 9 rings (SSSR count). The van der Waals surface area contributed by atoms with Gasteiger partial charge in [0.15, 0.2) is 24.8 Å². The maximum atomic E-state index is 12.5. The average molecular weight is 942 g/mol. The summed E-state index contributed by atoms with van der Waals surface area (Å²) < 4.78 is 7.07. The summed E-state index contributed by atoms with van der Waals surface area (Å²) in [6.07, 6.45) is 14.7. The second-order valence-electron chi connectivity index (χ2n) is 15.2. The molecule has 2 aliphatic rings. The van der Waals surface area contributed by atoms with E-state index in [1.54, 1.807) is 43.1 Å². The zero-order valence-corrected chi connectivity index (χ0v) is 36.7. The van der Waals surface area contributed by atoms with Crippen molar-refractivity contribution in [2.45, 2.75) is 26.2 Å².